The van der Waals surface area contributed by atoms with Gasteiger partial charge >= 0.3 is 0 Å². The smallest absolute Gasteiger partial charge is 0.162 e. The Bertz CT molecular complexity index is 219. The molecule has 1 aliphatic heterocycles. The van der Waals surface area contributed by atoms with Gasteiger partial charge in [-0.3, -0.25) is 0 Å². The van der Waals surface area contributed by atoms with Crippen molar-refractivity contribution in [3.05, 3.63) is 6.33 Å². The lowest BCUT2D eigenvalue weighted by atomic mass is 10.2. The minimum absolute atomic E-state index is 0.160. The first-order valence-electron chi connectivity index (χ1n) is 3.85. The molecule has 1 saturated heterocycles. The van der Waals surface area contributed by atoms with Crippen LogP contribution in [0.4, 0.5) is 0 Å². The topological polar surface area (TPSA) is 62.1 Å². The predicted octanol–water partition coefficient (Wildman–Crippen LogP) is -0.564. The SMILES string of the molecule is c1nnn(C[C@H]2CCOCO2)n1. The van der Waals surface area contributed by atoms with Crippen LogP contribution in [0.1, 0.15) is 6.42 Å². The highest BCUT2D eigenvalue weighted by atomic mass is 16.7. The Morgan fingerprint density at radius 2 is 2.58 bits per heavy atom. The molecule has 6 nitrogen and oxygen atoms in total. The molecule has 0 radical (unpaired) electrons. The van der Waals surface area contributed by atoms with Gasteiger partial charge in [0.25, 0.3) is 0 Å². The molecule has 0 bridgehead atoms. The number of tetrazole rings is 1. The molecule has 0 saturated carbocycles. The molecule has 0 spiro atoms. The van der Waals surface area contributed by atoms with E-state index in [0.717, 1.165) is 13.0 Å². The van der Waals surface area contributed by atoms with Gasteiger partial charge in [0.1, 0.15) is 6.79 Å². The van der Waals surface area contributed by atoms with Crippen molar-refractivity contribution in [1.29, 1.82) is 0 Å². The summed E-state index contributed by atoms with van der Waals surface area (Å²) >= 11 is 0. The van der Waals surface area contributed by atoms with Crippen molar-refractivity contribution >= 4 is 0 Å². The van der Waals surface area contributed by atoms with Crippen LogP contribution in [0.15, 0.2) is 6.33 Å². The lowest BCUT2D eigenvalue weighted by Gasteiger charge is -2.21. The predicted molar refractivity (Wildman–Crippen MR) is 38.1 cm³/mol. The van der Waals surface area contributed by atoms with Gasteiger partial charge in [-0.15, -0.1) is 10.2 Å². The maximum atomic E-state index is 5.30. The molecule has 0 aromatic carbocycles. The van der Waals surface area contributed by atoms with Crippen LogP contribution in [0.5, 0.6) is 0 Å². The summed E-state index contributed by atoms with van der Waals surface area (Å²) in [5.41, 5.74) is 0. The Kier molecular flexibility index (Phi) is 2.28. The van der Waals surface area contributed by atoms with Crippen molar-refractivity contribution in [2.75, 3.05) is 13.4 Å². The van der Waals surface area contributed by atoms with Crippen LogP contribution in [0.2, 0.25) is 0 Å². The maximum Gasteiger partial charge on any atom is 0.162 e. The average molecular weight is 170 g/mol. The Balaban J connectivity index is 1.86. The minimum Gasteiger partial charge on any atom is -0.355 e. The minimum atomic E-state index is 0.160. The van der Waals surface area contributed by atoms with E-state index in [0.29, 0.717) is 13.3 Å². The van der Waals surface area contributed by atoms with Crippen LogP contribution in [0.25, 0.3) is 0 Å². The van der Waals surface area contributed by atoms with Crippen LogP contribution < -0.4 is 0 Å². The molecule has 2 heterocycles. The number of rotatable bonds is 2. The third-order valence-corrected chi connectivity index (χ3v) is 1.73. The van der Waals surface area contributed by atoms with E-state index in [2.05, 4.69) is 15.4 Å². The summed E-state index contributed by atoms with van der Waals surface area (Å²) in [7, 11) is 0. The molecule has 0 amide bonds. The number of nitrogens with zero attached hydrogens (tertiary/aromatic N) is 4. The third-order valence-electron chi connectivity index (χ3n) is 1.73. The number of ether oxygens (including phenoxy) is 2. The zero-order valence-electron chi connectivity index (χ0n) is 6.59. The summed E-state index contributed by atoms with van der Waals surface area (Å²) in [4.78, 5) is 1.52. The summed E-state index contributed by atoms with van der Waals surface area (Å²) in [6.45, 7) is 1.78. The number of hydrogen-bond donors (Lipinski definition) is 0. The standard InChI is InChI=1S/C6H10N4O2/c1-2-11-5-12-6(1)3-10-8-4-7-9-10/h4,6H,1-3,5H2/t6-/m1/s1. The molecule has 12 heavy (non-hydrogen) atoms. The number of hydrogen-bond acceptors (Lipinski definition) is 5. The maximum absolute atomic E-state index is 5.30. The Morgan fingerprint density at radius 3 is 3.25 bits per heavy atom. The molecule has 6 heteroatoms. The van der Waals surface area contributed by atoms with Gasteiger partial charge in [-0.05, 0) is 11.6 Å². The molecule has 1 atom stereocenters. The second kappa shape index (κ2) is 3.59. The first-order valence-corrected chi connectivity index (χ1v) is 3.85. The molecule has 0 unspecified atom stereocenters. The fourth-order valence-corrected chi connectivity index (χ4v) is 1.10. The highest BCUT2D eigenvalue weighted by Crippen LogP contribution is 2.06. The normalized spacial score (nSPS) is 24.2. The van der Waals surface area contributed by atoms with E-state index in [1.54, 1.807) is 0 Å². The van der Waals surface area contributed by atoms with Crippen LogP contribution in [0, 0.1) is 0 Å². The van der Waals surface area contributed by atoms with Crippen LogP contribution in [-0.4, -0.2) is 39.7 Å². The van der Waals surface area contributed by atoms with Gasteiger partial charge < -0.3 is 9.47 Å². The lowest BCUT2D eigenvalue weighted by molar-refractivity contribution is -0.144. The van der Waals surface area contributed by atoms with Crippen molar-refractivity contribution in [3.63, 3.8) is 0 Å². The first kappa shape index (κ1) is 7.63. The van der Waals surface area contributed by atoms with E-state index in [1.165, 1.54) is 11.1 Å². The fraction of sp³-hybridized carbons (Fsp3) is 0.833. The molecule has 0 N–H and O–H groups in total. The molecule has 66 valence electrons. The summed E-state index contributed by atoms with van der Waals surface area (Å²) in [6.07, 6.45) is 2.47. The Morgan fingerprint density at radius 1 is 1.58 bits per heavy atom. The van der Waals surface area contributed by atoms with Crippen molar-refractivity contribution in [1.82, 2.24) is 20.2 Å². The second-order valence-electron chi connectivity index (χ2n) is 2.59. The van der Waals surface area contributed by atoms with E-state index in [9.17, 15) is 0 Å². The molecular formula is C6H10N4O2. The third kappa shape index (κ3) is 1.77. The van der Waals surface area contributed by atoms with Gasteiger partial charge in [-0.25, -0.2) is 0 Å². The molecule has 1 fully saturated rings. The van der Waals surface area contributed by atoms with Gasteiger partial charge in [0.15, 0.2) is 6.33 Å². The highest BCUT2D eigenvalue weighted by Gasteiger charge is 2.15. The van der Waals surface area contributed by atoms with Crippen molar-refractivity contribution < 1.29 is 9.47 Å². The van der Waals surface area contributed by atoms with E-state index in [4.69, 9.17) is 9.47 Å². The molecule has 1 aliphatic rings. The van der Waals surface area contributed by atoms with Gasteiger partial charge in [0.05, 0.1) is 19.3 Å². The van der Waals surface area contributed by atoms with E-state index in [-0.39, 0.29) is 6.10 Å². The zero-order chi connectivity index (χ0) is 8.23. The van der Waals surface area contributed by atoms with Crippen molar-refractivity contribution in [3.8, 4) is 0 Å². The van der Waals surface area contributed by atoms with E-state index >= 15 is 0 Å². The monoisotopic (exact) mass is 170 g/mol. The van der Waals surface area contributed by atoms with Gasteiger partial charge in [0, 0.05) is 0 Å². The number of aromatic nitrogens is 4. The molecule has 0 aliphatic carbocycles. The van der Waals surface area contributed by atoms with Crippen LogP contribution in [0.3, 0.4) is 0 Å². The lowest BCUT2D eigenvalue weighted by Crippen LogP contribution is -2.28. The second-order valence-corrected chi connectivity index (χ2v) is 2.59. The largest absolute Gasteiger partial charge is 0.355 e. The summed E-state index contributed by atoms with van der Waals surface area (Å²) in [5, 5.41) is 11.2. The molecule has 1 aromatic heterocycles. The molecule has 1 aromatic rings. The van der Waals surface area contributed by atoms with Crippen LogP contribution >= 0.6 is 0 Å². The fourth-order valence-electron chi connectivity index (χ4n) is 1.10. The van der Waals surface area contributed by atoms with E-state index < -0.39 is 0 Å². The highest BCUT2D eigenvalue weighted by molar-refractivity contribution is 4.58. The van der Waals surface area contributed by atoms with Gasteiger partial charge in [0.2, 0.25) is 0 Å². The summed E-state index contributed by atoms with van der Waals surface area (Å²) in [6, 6.07) is 0. The van der Waals surface area contributed by atoms with Gasteiger partial charge in [-0.1, -0.05) is 0 Å². The average Bonchev–Trinajstić information content (AvgIpc) is 2.59. The van der Waals surface area contributed by atoms with Crippen molar-refractivity contribution in [2.45, 2.75) is 19.1 Å². The summed E-state index contributed by atoms with van der Waals surface area (Å²) < 4.78 is 10.3. The Hall–Kier alpha value is -1.01. The van der Waals surface area contributed by atoms with E-state index in [1.807, 2.05) is 0 Å². The first-order chi connectivity index (χ1) is 5.95. The quantitative estimate of drug-likeness (QED) is 0.595. The van der Waals surface area contributed by atoms with Gasteiger partial charge in [-0.2, -0.15) is 4.80 Å². The van der Waals surface area contributed by atoms with Crippen LogP contribution in [-0.2, 0) is 16.0 Å². The van der Waals surface area contributed by atoms with Crippen molar-refractivity contribution in [2.24, 2.45) is 0 Å². The zero-order valence-corrected chi connectivity index (χ0v) is 6.59. The molecule has 2 rings (SSSR count). The Labute approximate surface area is 69.5 Å². The molecular weight excluding hydrogens is 160 g/mol. The summed E-state index contributed by atoms with van der Waals surface area (Å²) in [5.74, 6) is 0.